The van der Waals surface area contributed by atoms with Gasteiger partial charge < -0.3 is 24.0 Å². The lowest BCUT2D eigenvalue weighted by atomic mass is 10.1. The molecule has 0 bridgehead atoms. The van der Waals surface area contributed by atoms with Crippen LogP contribution in [-0.2, 0) is 27.4 Å². The second-order valence-electron chi connectivity index (χ2n) is 7.79. The van der Waals surface area contributed by atoms with E-state index in [0.717, 1.165) is 24.1 Å². The Morgan fingerprint density at radius 3 is 2.48 bits per heavy atom. The van der Waals surface area contributed by atoms with Crippen molar-refractivity contribution in [3.63, 3.8) is 0 Å². The van der Waals surface area contributed by atoms with Crippen molar-refractivity contribution in [2.75, 3.05) is 33.9 Å². The Morgan fingerprint density at radius 2 is 1.82 bits per heavy atom. The van der Waals surface area contributed by atoms with E-state index >= 15 is 0 Å². The van der Waals surface area contributed by atoms with Crippen LogP contribution in [0, 0.1) is 0 Å². The minimum Gasteiger partial charge on any atom is -0.493 e. The molecule has 2 aromatic carbocycles. The van der Waals surface area contributed by atoms with E-state index in [1.54, 1.807) is 48.3 Å². The molecule has 0 spiro atoms. The molecular formula is C25H30N2O6. The standard InChI is InChI=1S/C25H30N2O6/c1-4-26(15-19-10-11-21(31-2)22(14-19)32-3)24(29)17-33-25(30)20-8-5-7-18(13-20)16-27-12-6-9-23(27)28/h5,7-8,10-11,13-14H,4,6,9,12,15-17H2,1-3H3. The number of nitrogens with zero attached hydrogens (tertiary/aromatic N) is 2. The highest BCUT2D eigenvalue weighted by molar-refractivity contribution is 5.91. The third-order valence-electron chi connectivity index (χ3n) is 5.59. The summed E-state index contributed by atoms with van der Waals surface area (Å²) in [4.78, 5) is 40.4. The molecule has 0 N–H and O–H groups in total. The van der Waals surface area contributed by atoms with Crippen molar-refractivity contribution in [1.29, 1.82) is 0 Å². The van der Waals surface area contributed by atoms with Crippen LogP contribution in [0.5, 0.6) is 11.5 Å². The van der Waals surface area contributed by atoms with Crippen LogP contribution in [0.25, 0.3) is 0 Å². The molecule has 1 fully saturated rings. The summed E-state index contributed by atoms with van der Waals surface area (Å²) in [6.45, 7) is 3.53. The van der Waals surface area contributed by atoms with Crippen LogP contribution >= 0.6 is 0 Å². The van der Waals surface area contributed by atoms with Crippen molar-refractivity contribution in [1.82, 2.24) is 9.80 Å². The summed E-state index contributed by atoms with van der Waals surface area (Å²) in [6.07, 6.45) is 1.43. The molecule has 0 aliphatic carbocycles. The van der Waals surface area contributed by atoms with Gasteiger partial charge in [-0.25, -0.2) is 4.79 Å². The molecule has 2 amide bonds. The summed E-state index contributed by atoms with van der Waals surface area (Å²) in [7, 11) is 3.12. The fourth-order valence-electron chi connectivity index (χ4n) is 3.77. The Kier molecular flexibility index (Phi) is 8.29. The number of carbonyl (C=O) groups excluding carboxylic acids is 3. The Balaban J connectivity index is 1.57. The fraction of sp³-hybridized carbons (Fsp3) is 0.400. The van der Waals surface area contributed by atoms with E-state index < -0.39 is 5.97 Å². The van der Waals surface area contributed by atoms with Crippen LogP contribution < -0.4 is 9.47 Å². The summed E-state index contributed by atoms with van der Waals surface area (Å²) < 4.78 is 15.8. The predicted molar refractivity (Wildman–Crippen MR) is 122 cm³/mol. The summed E-state index contributed by atoms with van der Waals surface area (Å²) in [5.41, 5.74) is 2.09. The number of rotatable bonds is 10. The molecule has 0 unspecified atom stereocenters. The zero-order valence-corrected chi connectivity index (χ0v) is 19.3. The van der Waals surface area contributed by atoms with Crippen LogP contribution in [-0.4, -0.2) is 61.5 Å². The number of methoxy groups -OCH3 is 2. The van der Waals surface area contributed by atoms with Gasteiger partial charge in [0.1, 0.15) is 0 Å². The molecule has 1 aliphatic rings. The molecule has 3 rings (SSSR count). The number of amides is 2. The van der Waals surface area contributed by atoms with E-state index in [1.165, 1.54) is 0 Å². The van der Waals surface area contributed by atoms with Crippen molar-refractivity contribution in [3.8, 4) is 11.5 Å². The van der Waals surface area contributed by atoms with Gasteiger partial charge in [0.05, 0.1) is 19.8 Å². The summed E-state index contributed by atoms with van der Waals surface area (Å²) in [5.74, 6) is 0.462. The fourth-order valence-corrected chi connectivity index (χ4v) is 3.77. The van der Waals surface area contributed by atoms with Crippen LogP contribution in [0.4, 0.5) is 0 Å². The second kappa shape index (κ2) is 11.4. The number of likely N-dealkylation sites (N-methyl/N-ethyl adjacent to an activating group) is 1. The Hall–Kier alpha value is -3.55. The Bertz CT molecular complexity index is 1010. The molecule has 1 aliphatic heterocycles. The summed E-state index contributed by atoms with van der Waals surface area (Å²) in [5, 5.41) is 0. The Labute approximate surface area is 194 Å². The van der Waals surface area contributed by atoms with Gasteiger partial charge in [-0.3, -0.25) is 9.59 Å². The zero-order valence-electron chi connectivity index (χ0n) is 19.3. The topological polar surface area (TPSA) is 85.4 Å². The molecule has 176 valence electrons. The molecule has 0 aromatic heterocycles. The normalized spacial score (nSPS) is 13.1. The molecule has 33 heavy (non-hydrogen) atoms. The monoisotopic (exact) mass is 454 g/mol. The van der Waals surface area contributed by atoms with E-state index in [4.69, 9.17) is 14.2 Å². The molecule has 8 heteroatoms. The first-order valence-electron chi connectivity index (χ1n) is 11.0. The quantitative estimate of drug-likeness (QED) is 0.513. The summed E-state index contributed by atoms with van der Waals surface area (Å²) in [6, 6.07) is 12.4. The SMILES string of the molecule is CCN(Cc1ccc(OC)c(OC)c1)C(=O)COC(=O)c1cccc(CN2CCCC2=O)c1. The predicted octanol–water partition coefficient (Wildman–Crippen LogP) is 3.03. The number of benzene rings is 2. The van der Waals surface area contributed by atoms with Gasteiger partial charge >= 0.3 is 5.97 Å². The maximum atomic E-state index is 12.7. The smallest absolute Gasteiger partial charge is 0.338 e. The maximum absolute atomic E-state index is 12.7. The molecule has 8 nitrogen and oxygen atoms in total. The van der Waals surface area contributed by atoms with Gasteiger partial charge in [0, 0.05) is 32.6 Å². The number of hydrogen-bond acceptors (Lipinski definition) is 6. The van der Waals surface area contributed by atoms with Crippen molar-refractivity contribution in [2.24, 2.45) is 0 Å². The molecule has 0 saturated carbocycles. The highest BCUT2D eigenvalue weighted by Crippen LogP contribution is 2.28. The van der Waals surface area contributed by atoms with Crippen molar-refractivity contribution >= 4 is 17.8 Å². The van der Waals surface area contributed by atoms with Crippen LogP contribution in [0.2, 0.25) is 0 Å². The van der Waals surface area contributed by atoms with Gasteiger partial charge in [0.15, 0.2) is 18.1 Å². The van der Waals surface area contributed by atoms with Crippen LogP contribution in [0.15, 0.2) is 42.5 Å². The second-order valence-corrected chi connectivity index (χ2v) is 7.79. The molecule has 1 saturated heterocycles. The van der Waals surface area contributed by atoms with Crippen LogP contribution in [0.1, 0.15) is 41.3 Å². The van der Waals surface area contributed by atoms with E-state index in [-0.39, 0.29) is 18.4 Å². The zero-order chi connectivity index (χ0) is 23.8. The van der Waals surface area contributed by atoms with E-state index in [9.17, 15) is 14.4 Å². The lowest BCUT2D eigenvalue weighted by molar-refractivity contribution is -0.135. The lowest BCUT2D eigenvalue weighted by Crippen LogP contribution is -2.34. The maximum Gasteiger partial charge on any atom is 0.338 e. The van der Waals surface area contributed by atoms with Crippen molar-refractivity contribution in [3.05, 3.63) is 59.2 Å². The first kappa shape index (κ1) is 24.1. The van der Waals surface area contributed by atoms with E-state index in [0.29, 0.717) is 43.1 Å². The number of likely N-dealkylation sites (tertiary alicyclic amines) is 1. The first-order valence-corrected chi connectivity index (χ1v) is 11.0. The molecule has 2 aromatic rings. The Morgan fingerprint density at radius 1 is 1.03 bits per heavy atom. The largest absolute Gasteiger partial charge is 0.493 e. The van der Waals surface area contributed by atoms with Gasteiger partial charge in [-0.2, -0.15) is 0 Å². The average molecular weight is 455 g/mol. The van der Waals surface area contributed by atoms with Crippen molar-refractivity contribution < 1.29 is 28.6 Å². The van der Waals surface area contributed by atoms with Gasteiger partial charge in [-0.15, -0.1) is 0 Å². The van der Waals surface area contributed by atoms with Crippen molar-refractivity contribution in [2.45, 2.75) is 32.9 Å². The average Bonchev–Trinajstić information content (AvgIpc) is 3.24. The van der Waals surface area contributed by atoms with Gasteiger partial charge in [0.2, 0.25) is 5.91 Å². The number of carbonyl (C=O) groups is 3. The third kappa shape index (κ3) is 6.25. The lowest BCUT2D eigenvalue weighted by Gasteiger charge is -2.21. The first-order chi connectivity index (χ1) is 15.9. The number of ether oxygens (including phenoxy) is 3. The van der Waals surface area contributed by atoms with Gasteiger partial charge in [-0.05, 0) is 48.7 Å². The highest BCUT2D eigenvalue weighted by Gasteiger charge is 2.21. The van der Waals surface area contributed by atoms with E-state index in [2.05, 4.69) is 0 Å². The number of esters is 1. The minimum atomic E-state index is -0.569. The molecular weight excluding hydrogens is 424 g/mol. The summed E-state index contributed by atoms with van der Waals surface area (Å²) >= 11 is 0. The third-order valence-corrected chi connectivity index (χ3v) is 5.59. The number of hydrogen-bond donors (Lipinski definition) is 0. The molecule has 1 heterocycles. The molecule has 0 atom stereocenters. The minimum absolute atomic E-state index is 0.128. The van der Waals surface area contributed by atoms with Crippen LogP contribution in [0.3, 0.4) is 0 Å². The molecule has 0 radical (unpaired) electrons. The van der Waals surface area contributed by atoms with Gasteiger partial charge in [-0.1, -0.05) is 18.2 Å². The van der Waals surface area contributed by atoms with E-state index in [1.807, 2.05) is 25.1 Å². The highest BCUT2D eigenvalue weighted by atomic mass is 16.5. The van der Waals surface area contributed by atoms with Gasteiger partial charge in [0.25, 0.3) is 5.91 Å².